The third kappa shape index (κ3) is 4.48. The van der Waals surface area contributed by atoms with Crippen LogP contribution in [0.25, 0.3) is 0 Å². The van der Waals surface area contributed by atoms with Crippen LogP contribution < -0.4 is 10.2 Å². The molecule has 7 heteroatoms. The van der Waals surface area contributed by atoms with Crippen LogP contribution in [0.3, 0.4) is 0 Å². The highest BCUT2D eigenvalue weighted by Crippen LogP contribution is 2.55. The average molecular weight is 466 g/mol. The molecule has 2 aromatic rings. The van der Waals surface area contributed by atoms with Crippen LogP contribution in [0.5, 0.6) is 0 Å². The van der Waals surface area contributed by atoms with Gasteiger partial charge in [-0.25, -0.2) is 9.78 Å². The zero-order valence-electron chi connectivity index (χ0n) is 19.6. The molecule has 7 rings (SSSR count). The van der Waals surface area contributed by atoms with Gasteiger partial charge in [-0.2, -0.15) is 4.37 Å². The largest absolute Gasteiger partial charge is 0.345 e. The lowest BCUT2D eigenvalue weighted by Gasteiger charge is -2.57. The lowest BCUT2D eigenvalue weighted by Crippen LogP contribution is -2.62. The smallest absolute Gasteiger partial charge is 0.317 e. The van der Waals surface area contributed by atoms with E-state index in [1.807, 2.05) is 4.90 Å². The van der Waals surface area contributed by atoms with Gasteiger partial charge in [0, 0.05) is 49.7 Å². The molecule has 0 atom stereocenters. The van der Waals surface area contributed by atoms with Crippen molar-refractivity contribution in [2.75, 3.05) is 31.1 Å². The van der Waals surface area contributed by atoms with Crippen LogP contribution in [0.4, 0.5) is 9.93 Å². The predicted octanol–water partition coefficient (Wildman–Crippen LogP) is 4.63. The number of hydrogen-bond acceptors (Lipinski definition) is 5. The van der Waals surface area contributed by atoms with Gasteiger partial charge in [0.05, 0.1) is 0 Å². The maximum absolute atomic E-state index is 13.3. The molecule has 1 aromatic heterocycles. The van der Waals surface area contributed by atoms with Crippen LogP contribution in [-0.4, -0.2) is 52.0 Å². The zero-order valence-corrected chi connectivity index (χ0v) is 20.4. The van der Waals surface area contributed by atoms with Gasteiger partial charge < -0.3 is 15.1 Å². The average Bonchev–Trinajstić information content (AvgIpc) is 3.08. The van der Waals surface area contributed by atoms with Gasteiger partial charge in [-0.1, -0.05) is 29.8 Å². The van der Waals surface area contributed by atoms with Gasteiger partial charge in [-0.15, -0.1) is 0 Å². The lowest BCUT2D eigenvalue weighted by molar-refractivity contribution is -0.0155. The van der Waals surface area contributed by atoms with Gasteiger partial charge in [-0.3, -0.25) is 0 Å². The number of carbonyl (C=O) groups excluding carboxylic acids is 1. The minimum atomic E-state index is 0.0853. The summed E-state index contributed by atoms with van der Waals surface area (Å²) in [4.78, 5) is 22.5. The Morgan fingerprint density at radius 1 is 1.03 bits per heavy atom. The van der Waals surface area contributed by atoms with Crippen LogP contribution in [0.2, 0.25) is 0 Å². The Balaban J connectivity index is 1.06. The first kappa shape index (κ1) is 21.4. The van der Waals surface area contributed by atoms with E-state index >= 15 is 0 Å². The molecule has 176 valence electrons. The van der Waals surface area contributed by atoms with Crippen molar-refractivity contribution >= 4 is 22.7 Å². The highest BCUT2D eigenvalue weighted by atomic mass is 32.1. The first-order valence-corrected chi connectivity index (χ1v) is 13.5. The van der Waals surface area contributed by atoms with Gasteiger partial charge in [0.1, 0.15) is 5.82 Å². The fraction of sp³-hybridized carbons (Fsp3) is 0.654. The van der Waals surface area contributed by atoms with Crippen molar-refractivity contribution in [3.63, 3.8) is 0 Å². The van der Waals surface area contributed by atoms with Gasteiger partial charge >= 0.3 is 6.03 Å². The van der Waals surface area contributed by atoms with E-state index in [-0.39, 0.29) is 11.6 Å². The number of nitrogens with zero attached hydrogens (tertiary/aromatic N) is 4. The number of urea groups is 1. The Morgan fingerprint density at radius 3 is 2.42 bits per heavy atom. The van der Waals surface area contributed by atoms with E-state index in [0.29, 0.717) is 0 Å². The van der Waals surface area contributed by atoms with E-state index < -0.39 is 0 Å². The predicted molar refractivity (Wildman–Crippen MR) is 132 cm³/mol. The fourth-order valence-corrected chi connectivity index (χ4v) is 7.95. The summed E-state index contributed by atoms with van der Waals surface area (Å²) in [6.07, 6.45) is 9.58. The molecule has 6 nitrogen and oxygen atoms in total. The molecule has 4 bridgehead atoms. The summed E-state index contributed by atoms with van der Waals surface area (Å²) in [5.74, 6) is 3.44. The van der Waals surface area contributed by atoms with E-state index in [9.17, 15) is 4.79 Å². The van der Waals surface area contributed by atoms with Crippen LogP contribution in [-0.2, 0) is 6.42 Å². The van der Waals surface area contributed by atoms with E-state index in [0.717, 1.165) is 67.7 Å². The Kier molecular flexibility index (Phi) is 5.55. The molecule has 0 spiro atoms. The normalized spacial score (nSPS) is 31.0. The molecular formula is C26H35N5OS. The second kappa shape index (κ2) is 8.57. The first-order chi connectivity index (χ1) is 16.0. The minimum Gasteiger partial charge on any atom is -0.345 e. The molecule has 2 heterocycles. The van der Waals surface area contributed by atoms with Crippen molar-refractivity contribution in [3.8, 4) is 0 Å². The molecule has 0 unspecified atom stereocenters. The Bertz CT molecular complexity index is 967. The summed E-state index contributed by atoms with van der Waals surface area (Å²) in [5.41, 5.74) is 2.60. The zero-order chi connectivity index (χ0) is 22.4. The highest BCUT2D eigenvalue weighted by molar-refractivity contribution is 7.09. The Hall–Kier alpha value is -2.15. The van der Waals surface area contributed by atoms with Gasteiger partial charge in [0.15, 0.2) is 0 Å². The second-order valence-electron chi connectivity index (χ2n) is 11.1. The Morgan fingerprint density at radius 2 is 1.73 bits per heavy atom. The number of hydrogen-bond donors (Lipinski definition) is 1. The molecule has 5 aliphatic rings. The number of benzene rings is 1. The number of nitrogens with one attached hydrogen (secondary N) is 1. The van der Waals surface area contributed by atoms with Crippen molar-refractivity contribution in [1.82, 2.24) is 19.6 Å². The first-order valence-electron chi connectivity index (χ1n) is 12.7. The Labute approximate surface area is 200 Å². The van der Waals surface area contributed by atoms with Crippen LogP contribution in [0.1, 0.15) is 61.9 Å². The molecule has 1 N–H and O–H groups in total. The molecule has 1 saturated heterocycles. The maximum atomic E-state index is 13.3. The summed E-state index contributed by atoms with van der Waals surface area (Å²) in [6, 6.07) is 8.75. The van der Waals surface area contributed by atoms with Gasteiger partial charge in [-0.05, 0) is 75.2 Å². The molecule has 1 aromatic carbocycles. The summed E-state index contributed by atoms with van der Waals surface area (Å²) in [7, 11) is 0. The summed E-state index contributed by atoms with van der Waals surface area (Å²) >= 11 is 1.49. The van der Waals surface area contributed by atoms with E-state index in [1.165, 1.54) is 61.2 Å². The van der Waals surface area contributed by atoms with Crippen molar-refractivity contribution in [3.05, 3.63) is 41.2 Å². The summed E-state index contributed by atoms with van der Waals surface area (Å²) in [5, 5.41) is 4.54. The van der Waals surface area contributed by atoms with E-state index in [4.69, 9.17) is 4.98 Å². The third-order valence-electron chi connectivity index (χ3n) is 8.40. The minimum absolute atomic E-state index is 0.0853. The number of aromatic nitrogens is 2. The SMILES string of the molecule is Cc1ccc(Cc2nsc(N3CCCN(C(=O)NC45CC6CC(CC(C6)C4)C5)CC3)n2)cc1. The van der Waals surface area contributed by atoms with Crippen molar-refractivity contribution in [2.24, 2.45) is 17.8 Å². The maximum Gasteiger partial charge on any atom is 0.317 e. The lowest BCUT2D eigenvalue weighted by atomic mass is 9.53. The molecule has 33 heavy (non-hydrogen) atoms. The van der Waals surface area contributed by atoms with Gasteiger partial charge in [0.2, 0.25) is 5.13 Å². The third-order valence-corrected chi connectivity index (χ3v) is 9.22. The number of aryl methyl sites for hydroxylation is 1. The molecular weight excluding hydrogens is 430 g/mol. The number of anilines is 1. The highest BCUT2D eigenvalue weighted by Gasteiger charge is 2.51. The van der Waals surface area contributed by atoms with Crippen LogP contribution in [0.15, 0.2) is 24.3 Å². The second-order valence-corrected chi connectivity index (χ2v) is 11.8. The molecule has 4 saturated carbocycles. The van der Waals surface area contributed by atoms with Crippen molar-refractivity contribution < 1.29 is 4.79 Å². The van der Waals surface area contributed by atoms with Crippen molar-refractivity contribution in [2.45, 2.75) is 63.8 Å². The number of amides is 2. The van der Waals surface area contributed by atoms with Crippen LogP contribution >= 0.6 is 11.5 Å². The number of rotatable bonds is 4. The van der Waals surface area contributed by atoms with E-state index in [1.54, 1.807) is 0 Å². The standard InChI is InChI=1S/C26H35N5OS/c1-18-3-5-19(6-4-18)14-23-27-25(33-29-23)31-8-2-7-30(9-10-31)24(32)28-26-15-20-11-21(16-26)13-22(12-20)17-26/h3-6,20-22H,2,7-17H2,1H3,(H,28,32). The fourth-order valence-electron chi connectivity index (χ4n) is 7.21. The summed E-state index contributed by atoms with van der Waals surface area (Å²) in [6.45, 7) is 5.44. The molecule has 0 radical (unpaired) electrons. The molecule has 5 fully saturated rings. The van der Waals surface area contributed by atoms with Crippen LogP contribution in [0, 0.1) is 24.7 Å². The monoisotopic (exact) mass is 465 g/mol. The van der Waals surface area contributed by atoms with E-state index in [2.05, 4.69) is 45.8 Å². The summed E-state index contributed by atoms with van der Waals surface area (Å²) < 4.78 is 4.61. The molecule has 4 aliphatic carbocycles. The quantitative estimate of drug-likeness (QED) is 0.715. The molecule has 1 aliphatic heterocycles. The molecule has 2 amide bonds. The topological polar surface area (TPSA) is 61.4 Å². The number of carbonyl (C=O) groups is 1. The van der Waals surface area contributed by atoms with Gasteiger partial charge in [0.25, 0.3) is 0 Å². The van der Waals surface area contributed by atoms with Crippen molar-refractivity contribution in [1.29, 1.82) is 0 Å².